The first-order valence-electron chi connectivity index (χ1n) is 20.4. The van der Waals surface area contributed by atoms with Crippen LogP contribution in [0.15, 0.2) is 97.1 Å². The third-order valence-electron chi connectivity index (χ3n) is 9.36. The molecular formula is C49H60O11. The van der Waals surface area contributed by atoms with Crippen molar-refractivity contribution in [2.24, 2.45) is 16.7 Å². The molecule has 0 aromatic heterocycles. The van der Waals surface area contributed by atoms with Crippen LogP contribution in [0.1, 0.15) is 107 Å². The second-order valence-electron chi connectivity index (χ2n) is 17.2. The minimum atomic E-state index is -0.569. The molecule has 0 aliphatic heterocycles. The molecule has 4 rings (SSSR count). The molecule has 322 valence electrons. The number of hydrogen-bond donors (Lipinski definition) is 0. The van der Waals surface area contributed by atoms with E-state index in [1.807, 2.05) is 45.0 Å². The molecule has 0 saturated heterocycles. The van der Waals surface area contributed by atoms with E-state index >= 15 is 0 Å². The lowest BCUT2D eigenvalue weighted by atomic mass is 9.72. The third kappa shape index (κ3) is 15.3. The average molecular weight is 825 g/mol. The largest absolute Gasteiger partial charge is 0.488 e. The summed E-state index contributed by atoms with van der Waals surface area (Å²) < 4.78 is 39.6. The molecule has 60 heavy (non-hydrogen) atoms. The molecule has 0 saturated carbocycles. The molecule has 0 fully saturated rings. The molecule has 0 aliphatic rings. The summed E-state index contributed by atoms with van der Waals surface area (Å²) in [6.45, 7) is 21.1. The molecule has 4 aromatic carbocycles. The highest BCUT2D eigenvalue weighted by molar-refractivity contribution is 5.93. The summed E-state index contributed by atoms with van der Waals surface area (Å²) in [6.07, 6.45) is -0.0464. The number of carbonyl (C=O) groups is 4. The summed E-state index contributed by atoms with van der Waals surface area (Å²) in [5.41, 5.74) is 2.66. The van der Waals surface area contributed by atoms with Crippen LogP contribution in [-0.4, -0.2) is 68.6 Å². The summed E-state index contributed by atoms with van der Waals surface area (Å²) >= 11 is 0. The van der Waals surface area contributed by atoms with Gasteiger partial charge in [0.25, 0.3) is 0 Å². The zero-order valence-corrected chi connectivity index (χ0v) is 36.6. The van der Waals surface area contributed by atoms with E-state index in [4.69, 9.17) is 33.2 Å². The van der Waals surface area contributed by atoms with Crippen LogP contribution in [0.2, 0.25) is 0 Å². The first kappa shape index (κ1) is 47.2. The lowest BCUT2D eigenvalue weighted by Gasteiger charge is -2.34. The van der Waals surface area contributed by atoms with Gasteiger partial charge in [0.2, 0.25) is 0 Å². The van der Waals surface area contributed by atoms with Gasteiger partial charge in [-0.25, -0.2) is 14.4 Å². The molecule has 0 aliphatic carbocycles. The molecule has 0 radical (unpaired) electrons. The van der Waals surface area contributed by atoms with Crippen molar-refractivity contribution in [2.45, 2.75) is 94.0 Å². The van der Waals surface area contributed by atoms with Crippen molar-refractivity contribution in [3.05, 3.63) is 114 Å². The van der Waals surface area contributed by atoms with E-state index in [2.05, 4.69) is 41.5 Å². The molecule has 11 nitrogen and oxygen atoms in total. The van der Waals surface area contributed by atoms with E-state index in [1.54, 1.807) is 55.5 Å². The van der Waals surface area contributed by atoms with E-state index < -0.39 is 11.9 Å². The van der Waals surface area contributed by atoms with Gasteiger partial charge < -0.3 is 33.2 Å². The molecule has 4 atom stereocenters. The standard InChI is InChI=1S/C49H60O11/c1-11-54-44(50)37-14-12-35(13-15-37)36-16-22-41(23-17-36)59-46(52)39-20-26-42(27-21-39)60-45(51)38-18-24-40(25-19-38)58-34(4)31-56-32(2)29-55-33(3)30-57-47(53)43(49(8,9)10)28-48(5,6)7/h12-27,32-34,43H,11,28-31H2,1-10H3. The Bertz CT molecular complexity index is 1990. The minimum Gasteiger partial charge on any atom is -0.488 e. The Morgan fingerprint density at radius 3 is 1.37 bits per heavy atom. The van der Waals surface area contributed by atoms with Crippen molar-refractivity contribution in [3.8, 4) is 28.4 Å². The van der Waals surface area contributed by atoms with Crippen LogP contribution in [0.5, 0.6) is 17.2 Å². The Kier molecular flexibility index (Phi) is 17.0. The maximum absolute atomic E-state index is 12.9. The Labute approximate surface area is 354 Å². The van der Waals surface area contributed by atoms with Crippen molar-refractivity contribution in [1.29, 1.82) is 0 Å². The lowest BCUT2D eigenvalue weighted by Crippen LogP contribution is -2.35. The summed E-state index contributed by atoms with van der Waals surface area (Å²) in [5, 5.41) is 0. The van der Waals surface area contributed by atoms with E-state index in [-0.39, 0.29) is 64.9 Å². The average Bonchev–Trinajstić information content (AvgIpc) is 3.20. The zero-order valence-electron chi connectivity index (χ0n) is 36.6. The highest BCUT2D eigenvalue weighted by Crippen LogP contribution is 2.37. The number of benzene rings is 4. The summed E-state index contributed by atoms with van der Waals surface area (Å²) in [7, 11) is 0. The number of esters is 4. The van der Waals surface area contributed by atoms with Crippen LogP contribution in [0.3, 0.4) is 0 Å². The van der Waals surface area contributed by atoms with E-state index in [0.29, 0.717) is 42.4 Å². The van der Waals surface area contributed by atoms with Crippen LogP contribution in [0.4, 0.5) is 0 Å². The summed E-state index contributed by atoms with van der Waals surface area (Å²) in [5.74, 6) is -0.726. The first-order chi connectivity index (χ1) is 28.3. The van der Waals surface area contributed by atoms with Crippen molar-refractivity contribution < 1.29 is 52.3 Å². The molecule has 4 aromatic rings. The molecule has 11 heteroatoms. The SMILES string of the molecule is CCOC(=O)c1ccc(-c2ccc(OC(=O)c3ccc(OC(=O)c4ccc(OC(C)COC(C)COC(C)COC(=O)C(CC(C)(C)C)C(C)(C)C)cc4)cc3)cc2)cc1. The fraction of sp³-hybridized carbons (Fsp3) is 0.429. The van der Waals surface area contributed by atoms with Crippen LogP contribution in [0.25, 0.3) is 11.1 Å². The topological polar surface area (TPSA) is 133 Å². The first-order valence-corrected chi connectivity index (χ1v) is 20.4. The van der Waals surface area contributed by atoms with E-state index in [0.717, 1.165) is 17.5 Å². The third-order valence-corrected chi connectivity index (χ3v) is 9.36. The highest BCUT2D eigenvalue weighted by atomic mass is 16.6. The molecule has 0 N–H and O–H groups in total. The number of ether oxygens (including phenoxy) is 7. The fourth-order valence-corrected chi connectivity index (χ4v) is 6.01. The second kappa shape index (κ2) is 21.7. The lowest BCUT2D eigenvalue weighted by molar-refractivity contribution is -0.158. The maximum Gasteiger partial charge on any atom is 0.343 e. The Balaban J connectivity index is 1.16. The molecule has 4 unspecified atom stereocenters. The van der Waals surface area contributed by atoms with Gasteiger partial charge in [-0.3, -0.25) is 4.79 Å². The van der Waals surface area contributed by atoms with Crippen molar-refractivity contribution in [2.75, 3.05) is 26.4 Å². The van der Waals surface area contributed by atoms with Gasteiger partial charge in [0.1, 0.15) is 30.0 Å². The molecule has 0 bridgehead atoms. The monoisotopic (exact) mass is 824 g/mol. The summed E-state index contributed by atoms with van der Waals surface area (Å²) in [6, 6.07) is 26.7. The number of rotatable bonds is 19. The quantitative estimate of drug-likeness (QED) is 0.0661. The highest BCUT2D eigenvalue weighted by Gasteiger charge is 2.36. The van der Waals surface area contributed by atoms with Gasteiger partial charge in [-0.1, -0.05) is 65.8 Å². The van der Waals surface area contributed by atoms with Crippen molar-refractivity contribution in [3.63, 3.8) is 0 Å². The predicted molar refractivity (Wildman–Crippen MR) is 230 cm³/mol. The van der Waals surface area contributed by atoms with Crippen LogP contribution in [-0.2, 0) is 23.7 Å². The van der Waals surface area contributed by atoms with Gasteiger partial charge in [-0.05, 0) is 129 Å². The van der Waals surface area contributed by atoms with Crippen molar-refractivity contribution in [1.82, 2.24) is 0 Å². The molecule has 0 amide bonds. The van der Waals surface area contributed by atoms with Crippen LogP contribution in [0, 0.1) is 16.7 Å². The van der Waals surface area contributed by atoms with Gasteiger partial charge in [0, 0.05) is 0 Å². The van der Waals surface area contributed by atoms with Gasteiger partial charge in [0.05, 0.1) is 54.6 Å². The van der Waals surface area contributed by atoms with Gasteiger partial charge in [0.15, 0.2) is 0 Å². The van der Waals surface area contributed by atoms with Crippen LogP contribution >= 0.6 is 0 Å². The fourth-order valence-electron chi connectivity index (χ4n) is 6.01. The summed E-state index contributed by atoms with van der Waals surface area (Å²) in [4.78, 5) is 50.5. The van der Waals surface area contributed by atoms with Gasteiger partial charge >= 0.3 is 23.9 Å². The van der Waals surface area contributed by atoms with Crippen LogP contribution < -0.4 is 14.2 Å². The molecular weight excluding hydrogens is 765 g/mol. The van der Waals surface area contributed by atoms with E-state index in [9.17, 15) is 19.2 Å². The Morgan fingerprint density at radius 2 is 0.900 bits per heavy atom. The Morgan fingerprint density at radius 1 is 0.500 bits per heavy atom. The molecule has 0 spiro atoms. The molecule has 0 heterocycles. The van der Waals surface area contributed by atoms with Crippen molar-refractivity contribution >= 4 is 23.9 Å². The number of carbonyl (C=O) groups excluding carboxylic acids is 4. The maximum atomic E-state index is 12.9. The predicted octanol–water partition coefficient (Wildman–Crippen LogP) is 10.2. The number of hydrogen-bond acceptors (Lipinski definition) is 11. The minimum absolute atomic E-state index is 0.00690. The normalized spacial score (nSPS) is 13.6. The second-order valence-corrected chi connectivity index (χ2v) is 17.2. The zero-order chi connectivity index (χ0) is 44.0. The van der Waals surface area contributed by atoms with E-state index in [1.165, 1.54) is 24.3 Å². The smallest absolute Gasteiger partial charge is 0.343 e. The van der Waals surface area contributed by atoms with Gasteiger partial charge in [-0.2, -0.15) is 0 Å². The van der Waals surface area contributed by atoms with Gasteiger partial charge in [-0.15, -0.1) is 0 Å². The Hall–Kier alpha value is -5.52.